The molecule has 0 atom stereocenters. The number of likely N-dealkylation sites (N-methyl/N-ethyl adjacent to an activating group) is 1. The molecule has 0 spiro atoms. The SMILES string of the molecule is CN(CCc1ccccn1)CCC1(CN)CCCCC1. The Balaban J connectivity index is 1.72. The minimum atomic E-state index is 0.428. The third-order valence-electron chi connectivity index (χ3n) is 4.85. The van der Waals surface area contributed by atoms with Gasteiger partial charge in [-0.3, -0.25) is 4.98 Å². The first-order valence-corrected chi connectivity index (χ1v) is 8.03. The van der Waals surface area contributed by atoms with Crippen molar-refractivity contribution in [1.29, 1.82) is 0 Å². The molecule has 3 nitrogen and oxygen atoms in total. The van der Waals surface area contributed by atoms with E-state index in [-0.39, 0.29) is 0 Å². The summed E-state index contributed by atoms with van der Waals surface area (Å²) in [6, 6.07) is 6.14. The molecular formula is C17H29N3. The molecule has 0 radical (unpaired) electrons. The molecule has 20 heavy (non-hydrogen) atoms. The highest BCUT2D eigenvalue weighted by Gasteiger charge is 2.30. The first-order valence-electron chi connectivity index (χ1n) is 8.03. The van der Waals surface area contributed by atoms with Crippen molar-refractivity contribution in [3.8, 4) is 0 Å². The summed E-state index contributed by atoms with van der Waals surface area (Å²) in [5.41, 5.74) is 7.67. The zero-order chi connectivity index (χ0) is 14.3. The molecule has 0 amide bonds. The molecular weight excluding hydrogens is 246 g/mol. The summed E-state index contributed by atoms with van der Waals surface area (Å²) < 4.78 is 0. The fourth-order valence-electron chi connectivity index (χ4n) is 3.25. The van der Waals surface area contributed by atoms with Gasteiger partial charge in [-0.2, -0.15) is 0 Å². The van der Waals surface area contributed by atoms with Crippen molar-refractivity contribution < 1.29 is 0 Å². The normalized spacial score (nSPS) is 18.4. The number of hydrogen-bond donors (Lipinski definition) is 1. The lowest BCUT2D eigenvalue weighted by Gasteiger charge is -2.37. The zero-order valence-electron chi connectivity index (χ0n) is 12.9. The van der Waals surface area contributed by atoms with E-state index in [1.165, 1.54) is 44.2 Å². The number of aromatic nitrogens is 1. The van der Waals surface area contributed by atoms with Crippen LogP contribution in [0.5, 0.6) is 0 Å². The molecule has 2 rings (SSSR count). The average Bonchev–Trinajstić information content (AvgIpc) is 2.53. The fraction of sp³-hybridized carbons (Fsp3) is 0.706. The van der Waals surface area contributed by atoms with Crippen molar-refractivity contribution in [3.05, 3.63) is 30.1 Å². The van der Waals surface area contributed by atoms with Crippen molar-refractivity contribution in [1.82, 2.24) is 9.88 Å². The predicted octanol–water partition coefficient (Wildman–Crippen LogP) is 2.86. The van der Waals surface area contributed by atoms with E-state index in [2.05, 4.69) is 29.1 Å². The van der Waals surface area contributed by atoms with E-state index in [0.717, 1.165) is 26.1 Å². The molecule has 1 aliphatic rings. The second-order valence-electron chi connectivity index (χ2n) is 6.39. The highest BCUT2D eigenvalue weighted by atomic mass is 15.1. The van der Waals surface area contributed by atoms with Crippen LogP contribution in [0, 0.1) is 5.41 Å². The highest BCUT2D eigenvalue weighted by molar-refractivity contribution is 5.03. The first kappa shape index (κ1) is 15.5. The van der Waals surface area contributed by atoms with Crippen molar-refractivity contribution >= 4 is 0 Å². The molecule has 1 heterocycles. The minimum absolute atomic E-state index is 0.428. The number of nitrogens with zero attached hydrogens (tertiary/aromatic N) is 2. The lowest BCUT2D eigenvalue weighted by atomic mass is 9.72. The Morgan fingerprint density at radius 3 is 2.65 bits per heavy atom. The molecule has 2 N–H and O–H groups in total. The largest absolute Gasteiger partial charge is 0.330 e. The molecule has 1 saturated carbocycles. The lowest BCUT2D eigenvalue weighted by molar-refractivity contribution is 0.156. The van der Waals surface area contributed by atoms with Gasteiger partial charge in [0, 0.05) is 24.9 Å². The van der Waals surface area contributed by atoms with E-state index < -0.39 is 0 Å². The number of hydrogen-bond acceptors (Lipinski definition) is 3. The smallest absolute Gasteiger partial charge is 0.0416 e. The Hall–Kier alpha value is -0.930. The van der Waals surface area contributed by atoms with E-state index in [1.807, 2.05) is 12.3 Å². The van der Waals surface area contributed by atoms with Gasteiger partial charge in [0.2, 0.25) is 0 Å². The van der Waals surface area contributed by atoms with Crippen LogP contribution in [0.25, 0.3) is 0 Å². The maximum atomic E-state index is 6.06. The van der Waals surface area contributed by atoms with Gasteiger partial charge in [0.15, 0.2) is 0 Å². The van der Waals surface area contributed by atoms with E-state index in [4.69, 9.17) is 5.73 Å². The van der Waals surface area contributed by atoms with Gasteiger partial charge in [-0.15, -0.1) is 0 Å². The Morgan fingerprint density at radius 2 is 2.00 bits per heavy atom. The fourth-order valence-corrected chi connectivity index (χ4v) is 3.25. The standard InChI is InChI=1S/C17H29N3/c1-20(13-8-16-7-3-6-12-19-16)14-11-17(15-18)9-4-2-5-10-17/h3,6-7,12H,2,4-5,8-11,13-15,18H2,1H3. The van der Waals surface area contributed by atoms with E-state index in [1.54, 1.807) is 0 Å². The van der Waals surface area contributed by atoms with Crippen molar-refractivity contribution in [2.45, 2.75) is 44.9 Å². The van der Waals surface area contributed by atoms with Gasteiger partial charge in [-0.05, 0) is 56.9 Å². The predicted molar refractivity (Wildman–Crippen MR) is 84.6 cm³/mol. The topological polar surface area (TPSA) is 42.2 Å². The van der Waals surface area contributed by atoms with Gasteiger partial charge >= 0.3 is 0 Å². The van der Waals surface area contributed by atoms with Crippen LogP contribution >= 0.6 is 0 Å². The Bertz CT molecular complexity index is 371. The summed E-state index contributed by atoms with van der Waals surface area (Å²) in [6.07, 6.45) is 11.0. The van der Waals surface area contributed by atoms with Gasteiger partial charge in [0.25, 0.3) is 0 Å². The number of nitrogens with two attached hydrogens (primary N) is 1. The van der Waals surface area contributed by atoms with Crippen molar-refractivity contribution in [2.75, 3.05) is 26.7 Å². The molecule has 0 aliphatic heterocycles. The van der Waals surface area contributed by atoms with Gasteiger partial charge in [-0.1, -0.05) is 25.3 Å². The van der Waals surface area contributed by atoms with E-state index >= 15 is 0 Å². The van der Waals surface area contributed by atoms with Crippen LogP contribution in [0.2, 0.25) is 0 Å². The monoisotopic (exact) mass is 275 g/mol. The third-order valence-corrected chi connectivity index (χ3v) is 4.85. The maximum Gasteiger partial charge on any atom is 0.0416 e. The molecule has 0 bridgehead atoms. The van der Waals surface area contributed by atoms with E-state index in [0.29, 0.717) is 5.41 Å². The second-order valence-corrected chi connectivity index (χ2v) is 6.39. The Kier molecular flexibility index (Phi) is 5.99. The van der Waals surface area contributed by atoms with Crippen LogP contribution < -0.4 is 5.73 Å². The van der Waals surface area contributed by atoms with Crippen LogP contribution in [-0.4, -0.2) is 36.6 Å². The summed E-state index contributed by atoms with van der Waals surface area (Å²) in [5, 5.41) is 0. The van der Waals surface area contributed by atoms with Crippen LogP contribution in [0.4, 0.5) is 0 Å². The molecule has 1 aliphatic carbocycles. The Labute approximate surface area is 123 Å². The minimum Gasteiger partial charge on any atom is -0.330 e. The summed E-state index contributed by atoms with van der Waals surface area (Å²) in [7, 11) is 2.22. The molecule has 0 aromatic carbocycles. The summed E-state index contributed by atoms with van der Waals surface area (Å²) in [4.78, 5) is 6.82. The van der Waals surface area contributed by atoms with Crippen LogP contribution in [0.3, 0.4) is 0 Å². The van der Waals surface area contributed by atoms with Crippen LogP contribution in [0.15, 0.2) is 24.4 Å². The molecule has 112 valence electrons. The van der Waals surface area contributed by atoms with Crippen molar-refractivity contribution in [3.63, 3.8) is 0 Å². The van der Waals surface area contributed by atoms with Gasteiger partial charge in [-0.25, -0.2) is 0 Å². The van der Waals surface area contributed by atoms with Crippen molar-refractivity contribution in [2.24, 2.45) is 11.1 Å². The molecule has 1 aromatic heterocycles. The Morgan fingerprint density at radius 1 is 1.20 bits per heavy atom. The third kappa shape index (κ3) is 4.57. The van der Waals surface area contributed by atoms with Gasteiger partial charge in [0.05, 0.1) is 0 Å². The molecule has 0 unspecified atom stereocenters. The first-order chi connectivity index (χ1) is 9.74. The van der Waals surface area contributed by atoms with Gasteiger partial charge in [0.1, 0.15) is 0 Å². The molecule has 1 aromatic rings. The average molecular weight is 275 g/mol. The van der Waals surface area contributed by atoms with Crippen LogP contribution in [-0.2, 0) is 6.42 Å². The number of pyridine rings is 1. The maximum absolute atomic E-state index is 6.06. The van der Waals surface area contributed by atoms with E-state index in [9.17, 15) is 0 Å². The molecule has 0 saturated heterocycles. The molecule has 3 heteroatoms. The number of rotatable bonds is 7. The highest BCUT2D eigenvalue weighted by Crippen LogP contribution is 2.38. The quantitative estimate of drug-likeness (QED) is 0.832. The second kappa shape index (κ2) is 7.75. The summed E-state index contributed by atoms with van der Waals surface area (Å²) in [6.45, 7) is 3.10. The molecule has 1 fully saturated rings. The summed E-state index contributed by atoms with van der Waals surface area (Å²) >= 11 is 0. The lowest BCUT2D eigenvalue weighted by Crippen LogP contribution is -2.36. The van der Waals surface area contributed by atoms with Crippen LogP contribution in [0.1, 0.15) is 44.2 Å². The van der Waals surface area contributed by atoms with Gasteiger partial charge < -0.3 is 10.6 Å². The summed E-state index contributed by atoms with van der Waals surface area (Å²) in [5.74, 6) is 0. The zero-order valence-corrected chi connectivity index (χ0v) is 12.9.